The van der Waals surface area contributed by atoms with Crippen LogP contribution in [0.4, 0.5) is 0 Å². The second-order valence-electron chi connectivity index (χ2n) is 3.67. The zero-order chi connectivity index (χ0) is 12.1. The Bertz CT molecular complexity index is 482. The van der Waals surface area contributed by atoms with E-state index in [0.29, 0.717) is 17.4 Å². The van der Waals surface area contributed by atoms with Gasteiger partial charge >= 0.3 is 0 Å². The van der Waals surface area contributed by atoms with E-state index in [4.69, 9.17) is 20.8 Å². The molecule has 3 nitrogen and oxygen atoms in total. The largest absolute Gasteiger partial charge is 0.484 e. The van der Waals surface area contributed by atoms with Crippen LogP contribution in [0.5, 0.6) is 5.75 Å². The van der Waals surface area contributed by atoms with Crippen molar-refractivity contribution in [3.63, 3.8) is 0 Å². The first-order chi connectivity index (χ1) is 8.29. The molecular formula is C13H14ClNO2. The number of hydrogen-bond donors (Lipinski definition) is 1. The summed E-state index contributed by atoms with van der Waals surface area (Å²) in [6.07, 6.45) is 1.72. The van der Waals surface area contributed by atoms with Crippen molar-refractivity contribution in [2.45, 2.75) is 13.2 Å². The minimum Gasteiger partial charge on any atom is -0.484 e. The van der Waals surface area contributed by atoms with Crippen molar-refractivity contribution < 1.29 is 9.15 Å². The van der Waals surface area contributed by atoms with Gasteiger partial charge in [0, 0.05) is 12.1 Å². The lowest BCUT2D eigenvalue weighted by Gasteiger charge is -2.05. The quantitative estimate of drug-likeness (QED) is 0.886. The highest BCUT2D eigenvalue weighted by Gasteiger charge is 2.04. The monoisotopic (exact) mass is 251 g/mol. The van der Waals surface area contributed by atoms with Gasteiger partial charge in [0.15, 0.2) is 0 Å². The maximum Gasteiger partial charge on any atom is 0.146 e. The maximum atomic E-state index is 5.98. The van der Waals surface area contributed by atoms with E-state index in [1.165, 1.54) is 0 Å². The van der Waals surface area contributed by atoms with Crippen molar-refractivity contribution in [2.24, 2.45) is 0 Å². The van der Waals surface area contributed by atoms with E-state index in [0.717, 1.165) is 17.9 Å². The van der Waals surface area contributed by atoms with Crippen LogP contribution in [0.25, 0.3) is 0 Å². The third kappa shape index (κ3) is 3.25. The van der Waals surface area contributed by atoms with Crippen LogP contribution in [-0.4, -0.2) is 7.05 Å². The van der Waals surface area contributed by atoms with Crippen LogP contribution in [0.15, 0.2) is 41.0 Å². The molecule has 0 unspecified atom stereocenters. The fourth-order valence-corrected chi connectivity index (χ4v) is 1.70. The average molecular weight is 252 g/mol. The highest BCUT2D eigenvalue weighted by atomic mass is 35.5. The van der Waals surface area contributed by atoms with E-state index < -0.39 is 0 Å². The van der Waals surface area contributed by atoms with Gasteiger partial charge in [0.05, 0.1) is 11.3 Å². The number of benzene rings is 1. The first kappa shape index (κ1) is 12.0. The van der Waals surface area contributed by atoms with Gasteiger partial charge in [-0.3, -0.25) is 0 Å². The molecule has 0 saturated carbocycles. The van der Waals surface area contributed by atoms with Gasteiger partial charge < -0.3 is 14.5 Å². The highest BCUT2D eigenvalue weighted by molar-refractivity contribution is 6.32. The smallest absolute Gasteiger partial charge is 0.146 e. The van der Waals surface area contributed by atoms with Gasteiger partial charge in [0.2, 0.25) is 0 Å². The first-order valence-corrected chi connectivity index (χ1v) is 5.75. The number of furan rings is 1. The second kappa shape index (κ2) is 5.75. The predicted molar refractivity (Wildman–Crippen MR) is 67.3 cm³/mol. The van der Waals surface area contributed by atoms with Crippen molar-refractivity contribution in [1.82, 2.24) is 5.32 Å². The Kier molecular flexibility index (Phi) is 4.07. The molecule has 17 heavy (non-hydrogen) atoms. The molecule has 4 heteroatoms. The summed E-state index contributed by atoms with van der Waals surface area (Å²) in [5, 5.41) is 3.66. The van der Waals surface area contributed by atoms with Crippen LogP contribution in [-0.2, 0) is 13.2 Å². The van der Waals surface area contributed by atoms with Crippen molar-refractivity contribution in [3.8, 4) is 5.75 Å². The SMILES string of the molecule is CNCc1coc(COc2ccccc2Cl)c1. The van der Waals surface area contributed by atoms with E-state index >= 15 is 0 Å². The molecule has 0 aliphatic heterocycles. The second-order valence-corrected chi connectivity index (χ2v) is 4.08. The molecule has 1 heterocycles. The van der Waals surface area contributed by atoms with E-state index in [1.54, 1.807) is 12.3 Å². The summed E-state index contributed by atoms with van der Waals surface area (Å²) in [4.78, 5) is 0. The van der Waals surface area contributed by atoms with Gasteiger partial charge in [-0.05, 0) is 25.2 Å². The molecule has 0 saturated heterocycles. The van der Waals surface area contributed by atoms with Gasteiger partial charge in [-0.2, -0.15) is 0 Å². The molecule has 0 aliphatic carbocycles. The van der Waals surface area contributed by atoms with E-state index in [9.17, 15) is 0 Å². The molecule has 90 valence electrons. The summed E-state index contributed by atoms with van der Waals surface area (Å²) in [5.41, 5.74) is 1.10. The van der Waals surface area contributed by atoms with Crippen LogP contribution in [0.2, 0.25) is 5.02 Å². The Balaban J connectivity index is 1.95. The molecule has 1 aromatic carbocycles. The van der Waals surface area contributed by atoms with Gasteiger partial charge in [-0.25, -0.2) is 0 Å². The molecule has 2 rings (SSSR count). The van der Waals surface area contributed by atoms with Crippen molar-refractivity contribution in [1.29, 1.82) is 0 Å². The van der Waals surface area contributed by atoms with E-state index in [1.807, 2.05) is 31.3 Å². The molecule has 0 atom stereocenters. The molecule has 1 N–H and O–H groups in total. The molecule has 0 aliphatic rings. The molecule has 0 amide bonds. The topological polar surface area (TPSA) is 34.4 Å². The Labute approximate surface area is 105 Å². The lowest BCUT2D eigenvalue weighted by atomic mass is 10.3. The van der Waals surface area contributed by atoms with Crippen LogP contribution in [0.3, 0.4) is 0 Å². The average Bonchev–Trinajstić information content (AvgIpc) is 2.76. The molecular weight excluding hydrogens is 238 g/mol. The zero-order valence-corrected chi connectivity index (χ0v) is 10.3. The minimum absolute atomic E-state index is 0.382. The summed E-state index contributed by atoms with van der Waals surface area (Å²) in [7, 11) is 1.90. The van der Waals surface area contributed by atoms with E-state index in [2.05, 4.69) is 5.32 Å². The van der Waals surface area contributed by atoms with Crippen molar-refractivity contribution >= 4 is 11.6 Å². The Morgan fingerprint density at radius 3 is 2.94 bits per heavy atom. The maximum absolute atomic E-state index is 5.98. The van der Waals surface area contributed by atoms with Gasteiger partial charge in [0.1, 0.15) is 18.1 Å². The zero-order valence-electron chi connectivity index (χ0n) is 9.57. The van der Waals surface area contributed by atoms with Crippen LogP contribution in [0.1, 0.15) is 11.3 Å². The summed E-state index contributed by atoms with van der Waals surface area (Å²) in [6, 6.07) is 9.35. The number of nitrogens with one attached hydrogen (secondary N) is 1. The van der Waals surface area contributed by atoms with Crippen LogP contribution >= 0.6 is 11.6 Å². The molecule has 0 spiro atoms. The fraction of sp³-hybridized carbons (Fsp3) is 0.231. The predicted octanol–water partition coefficient (Wildman–Crippen LogP) is 3.23. The molecule has 1 aromatic heterocycles. The summed E-state index contributed by atoms with van der Waals surface area (Å²) >= 11 is 5.98. The molecule has 0 bridgehead atoms. The number of halogens is 1. The lowest BCUT2D eigenvalue weighted by Crippen LogP contribution is -2.03. The van der Waals surface area contributed by atoms with Gasteiger partial charge in [-0.1, -0.05) is 23.7 Å². The summed E-state index contributed by atoms with van der Waals surface area (Å²) < 4.78 is 10.9. The van der Waals surface area contributed by atoms with Gasteiger partial charge in [0.25, 0.3) is 0 Å². The third-order valence-corrected chi connectivity index (χ3v) is 2.61. The highest BCUT2D eigenvalue weighted by Crippen LogP contribution is 2.24. The number of rotatable bonds is 5. The fourth-order valence-electron chi connectivity index (χ4n) is 1.51. The van der Waals surface area contributed by atoms with Gasteiger partial charge in [-0.15, -0.1) is 0 Å². The number of hydrogen-bond acceptors (Lipinski definition) is 3. The summed E-state index contributed by atoms with van der Waals surface area (Å²) in [5.74, 6) is 1.45. The van der Waals surface area contributed by atoms with Crippen LogP contribution < -0.4 is 10.1 Å². The van der Waals surface area contributed by atoms with Crippen LogP contribution in [0, 0.1) is 0 Å². The normalized spacial score (nSPS) is 10.5. The molecule has 2 aromatic rings. The van der Waals surface area contributed by atoms with Crippen molar-refractivity contribution in [3.05, 3.63) is 52.9 Å². The first-order valence-electron chi connectivity index (χ1n) is 5.38. The van der Waals surface area contributed by atoms with Crippen molar-refractivity contribution in [2.75, 3.05) is 7.05 Å². The number of para-hydroxylation sites is 1. The van der Waals surface area contributed by atoms with E-state index in [-0.39, 0.29) is 0 Å². The third-order valence-electron chi connectivity index (χ3n) is 2.30. The molecule has 0 radical (unpaired) electrons. The minimum atomic E-state index is 0.382. The Morgan fingerprint density at radius 1 is 1.35 bits per heavy atom. The standard InChI is InChI=1S/C13H14ClNO2/c1-15-7-10-6-11(16-8-10)9-17-13-5-3-2-4-12(13)14/h2-6,8,15H,7,9H2,1H3. The Morgan fingerprint density at radius 2 is 2.18 bits per heavy atom. The summed E-state index contributed by atoms with van der Waals surface area (Å²) in [6.45, 7) is 1.17. The molecule has 0 fully saturated rings. The lowest BCUT2D eigenvalue weighted by molar-refractivity contribution is 0.270. The number of ether oxygens (including phenoxy) is 1. The Hall–Kier alpha value is -1.45.